The molecular formula is C20H28FN3O2. The van der Waals surface area contributed by atoms with Crippen LogP contribution in [0.3, 0.4) is 0 Å². The first-order valence-electron chi connectivity index (χ1n) is 9.32. The molecule has 2 fully saturated rings. The van der Waals surface area contributed by atoms with Crippen LogP contribution in [0, 0.1) is 18.7 Å². The maximum atomic E-state index is 13.8. The summed E-state index contributed by atoms with van der Waals surface area (Å²) in [7, 11) is 1.74. The number of carbonyl (C=O) groups is 2. The molecule has 1 aromatic rings. The predicted octanol–water partition coefficient (Wildman–Crippen LogP) is 2.03. The van der Waals surface area contributed by atoms with Crippen molar-refractivity contribution in [2.75, 3.05) is 26.7 Å². The predicted molar refractivity (Wildman–Crippen MR) is 97.9 cm³/mol. The van der Waals surface area contributed by atoms with E-state index >= 15 is 0 Å². The van der Waals surface area contributed by atoms with Crippen LogP contribution in [0.25, 0.3) is 0 Å². The summed E-state index contributed by atoms with van der Waals surface area (Å²) in [5.41, 5.74) is 1.52. The number of piperazine rings is 2. The fourth-order valence-electron chi connectivity index (χ4n) is 3.90. The van der Waals surface area contributed by atoms with Crippen LogP contribution < -0.4 is 0 Å². The summed E-state index contributed by atoms with van der Waals surface area (Å²) < 4.78 is 13.8. The molecule has 5 nitrogen and oxygen atoms in total. The lowest BCUT2D eigenvalue weighted by Gasteiger charge is -2.48. The smallest absolute Gasteiger partial charge is 0.247 e. The largest absolute Gasteiger partial charge is 0.332 e. The number of aryl methyl sites for hydroxylation is 1. The summed E-state index contributed by atoms with van der Waals surface area (Å²) in [6.45, 7) is 8.20. The molecule has 2 aliphatic rings. The molecule has 0 radical (unpaired) electrons. The van der Waals surface area contributed by atoms with Crippen molar-refractivity contribution in [2.24, 2.45) is 5.92 Å². The average Bonchev–Trinajstić information content (AvgIpc) is 2.60. The van der Waals surface area contributed by atoms with E-state index in [0.717, 1.165) is 5.56 Å². The molecule has 26 heavy (non-hydrogen) atoms. The zero-order valence-electron chi connectivity index (χ0n) is 16.0. The van der Waals surface area contributed by atoms with Crippen molar-refractivity contribution < 1.29 is 14.0 Å². The second-order valence-corrected chi connectivity index (χ2v) is 7.96. The Kier molecular flexibility index (Phi) is 5.32. The van der Waals surface area contributed by atoms with Gasteiger partial charge in [-0.15, -0.1) is 0 Å². The lowest BCUT2D eigenvalue weighted by molar-refractivity contribution is -0.164. The van der Waals surface area contributed by atoms with Gasteiger partial charge in [-0.2, -0.15) is 0 Å². The summed E-state index contributed by atoms with van der Waals surface area (Å²) in [5.74, 6) is 0.219. The zero-order valence-corrected chi connectivity index (χ0v) is 16.0. The van der Waals surface area contributed by atoms with Crippen molar-refractivity contribution in [2.45, 2.75) is 45.8 Å². The van der Waals surface area contributed by atoms with E-state index in [1.54, 1.807) is 35.9 Å². The van der Waals surface area contributed by atoms with Gasteiger partial charge in [0.25, 0.3) is 0 Å². The molecule has 142 valence electrons. The molecule has 3 rings (SSSR count). The molecule has 0 aromatic heterocycles. The number of nitrogens with zero attached hydrogens (tertiary/aromatic N) is 3. The molecule has 2 aliphatic heterocycles. The summed E-state index contributed by atoms with van der Waals surface area (Å²) >= 11 is 0. The quantitative estimate of drug-likeness (QED) is 0.824. The third-order valence-electron chi connectivity index (χ3n) is 5.47. The highest BCUT2D eigenvalue weighted by Gasteiger charge is 2.46. The number of benzene rings is 1. The van der Waals surface area contributed by atoms with Gasteiger partial charge in [0.15, 0.2) is 0 Å². The van der Waals surface area contributed by atoms with Gasteiger partial charge in [-0.05, 0) is 36.5 Å². The van der Waals surface area contributed by atoms with Crippen molar-refractivity contribution in [3.8, 4) is 0 Å². The van der Waals surface area contributed by atoms with Gasteiger partial charge >= 0.3 is 0 Å². The minimum absolute atomic E-state index is 0.00929. The number of halogens is 1. The Bertz CT molecular complexity index is 706. The van der Waals surface area contributed by atoms with E-state index in [1.807, 2.05) is 6.07 Å². The highest BCUT2D eigenvalue weighted by molar-refractivity contribution is 5.97. The Hall–Kier alpha value is -1.95. The molecular weight excluding hydrogens is 333 g/mol. The maximum Gasteiger partial charge on any atom is 0.247 e. The van der Waals surface area contributed by atoms with Crippen LogP contribution in [0.15, 0.2) is 18.2 Å². The third kappa shape index (κ3) is 3.61. The first-order chi connectivity index (χ1) is 12.3. The molecule has 2 saturated heterocycles. The van der Waals surface area contributed by atoms with Gasteiger partial charge in [-0.3, -0.25) is 14.5 Å². The molecule has 6 heteroatoms. The Labute approximate surface area is 154 Å². The number of hydrogen-bond donors (Lipinski definition) is 0. The Balaban J connectivity index is 1.71. The van der Waals surface area contributed by atoms with E-state index in [9.17, 15) is 14.0 Å². The van der Waals surface area contributed by atoms with Crippen LogP contribution in [0.5, 0.6) is 0 Å². The van der Waals surface area contributed by atoms with Crippen LogP contribution >= 0.6 is 0 Å². The third-order valence-corrected chi connectivity index (χ3v) is 5.47. The van der Waals surface area contributed by atoms with Crippen LogP contribution in [0.1, 0.15) is 31.4 Å². The number of rotatable bonds is 4. The number of hydrogen-bond acceptors (Lipinski definition) is 3. The first kappa shape index (κ1) is 18.8. The van der Waals surface area contributed by atoms with E-state index < -0.39 is 6.04 Å². The Morgan fingerprint density at radius 1 is 1.19 bits per heavy atom. The van der Waals surface area contributed by atoms with Gasteiger partial charge in [0.2, 0.25) is 11.8 Å². The molecule has 0 bridgehead atoms. The van der Waals surface area contributed by atoms with Crippen LogP contribution in [0.4, 0.5) is 4.39 Å². The normalized spacial score (nSPS) is 24.4. The minimum atomic E-state index is -0.431. The molecule has 0 aliphatic carbocycles. The molecule has 0 saturated carbocycles. The van der Waals surface area contributed by atoms with Crippen molar-refractivity contribution in [3.63, 3.8) is 0 Å². The Morgan fingerprint density at radius 2 is 1.92 bits per heavy atom. The van der Waals surface area contributed by atoms with Gasteiger partial charge in [-0.25, -0.2) is 4.39 Å². The van der Waals surface area contributed by atoms with E-state index in [1.165, 1.54) is 0 Å². The van der Waals surface area contributed by atoms with Crippen LogP contribution in [-0.4, -0.2) is 65.3 Å². The van der Waals surface area contributed by atoms with E-state index in [0.29, 0.717) is 44.1 Å². The van der Waals surface area contributed by atoms with Crippen LogP contribution in [-0.2, 0) is 16.1 Å². The van der Waals surface area contributed by atoms with Crippen LogP contribution in [0.2, 0.25) is 0 Å². The minimum Gasteiger partial charge on any atom is -0.332 e. The number of carbonyl (C=O) groups excluding carboxylic acids is 2. The first-order valence-corrected chi connectivity index (χ1v) is 9.32. The summed E-state index contributed by atoms with van der Waals surface area (Å²) in [6.07, 6.45) is 0.691. The second kappa shape index (κ2) is 7.35. The number of fused-ring (bicyclic) bond motifs is 1. The van der Waals surface area contributed by atoms with E-state index in [4.69, 9.17) is 0 Å². The maximum absolute atomic E-state index is 13.8. The lowest BCUT2D eigenvalue weighted by atomic mass is 9.95. The topological polar surface area (TPSA) is 43.9 Å². The average molecular weight is 361 g/mol. The summed E-state index contributed by atoms with van der Waals surface area (Å²) in [4.78, 5) is 31.2. The summed E-state index contributed by atoms with van der Waals surface area (Å²) in [5, 5.41) is 0. The highest BCUT2D eigenvalue weighted by atomic mass is 19.1. The van der Waals surface area contributed by atoms with Crippen molar-refractivity contribution in [1.29, 1.82) is 0 Å². The molecule has 0 spiro atoms. The zero-order chi connectivity index (χ0) is 19.0. The molecule has 2 amide bonds. The van der Waals surface area contributed by atoms with Gasteiger partial charge in [0.05, 0.1) is 0 Å². The molecule has 0 unspecified atom stereocenters. The summed E-state index contributed by atoms with van der Waals surface area (Å²) in [6, 6.07) is 4.47. The van der Waals surface area contributed by atoms with Crippen molar-refractivity contribution in [1.82, 2.24) is 14.7 Å². The Morgan fingerprint density at radius 3 is 2.58 bits per heavy atom. The van der Waals surface area contributed by atoms with Crippen molar-refractivity contribution >= 4 is 11.8 Å². The number of likely N-dealkylation sites (N-methyl/N-ethyl adjacent to an activating group) is 1. The fourth-order valence-corrected chi connectivity index (χ4v) is 3.90. The monoisotopic (exact) mass is 361 g/mol. The van der Waals surface area contributed by atoms with Gasteiger partial charge in [-0.1, -0.05) is 26.0 Å². The van der Waals surface area contributed by atoms with Gasteiger partial charge in [0, 0.05) is 33.2 Å². The standard InChI is InChI=1S/C20H28FN3O2/c1-13(2)9-17-20(26)24-8-7-23(12-18(24)19(25)22(17)4)11-15-6-5-14(3)16(21)10-15/h5-6,10,13,17-18H,7-9,11-12H2,1-4H3/t17-,18+/m0/s1. The molecule has 1 aromatic carbocycles. The van der Waals surface area contributed by atoms with Crippen molar-refractivity contribution in [3.05, 3.63) is 35.1 Å². The van der Waals surface area contributed by atoms with E-state index in [2.05, 4.69) is 18.7 Å². The second-order valence-electron chi connectivity index (χ2n) is 7.96. The van der Waals surface area contributed by atoms with Gasteiger partial charge < -0.3 is 9.80 Å². The van der Waals surface area contributed by atoms with E-state index in [-0.39, 0.29) is 23.7 Å². The lowest BCUT2D eigenvalue weighted by Crippen LogP contribution is -2.69. The fraction of sp³-hybridized carbons (Fsp3) is 0.600. The number of amides is 2. The van der Waals surface area contributed by atoms with Gasteiger partial charge in [0.1, 0.15) is 17.9 Å². The molecule has 0 N–H and O–H groups in total. The molecule has 2 heterocycles. The molecule has 2 atom stereocenters. The highest BCUT2D eigenvalue weighted by Crippen LogP contribution is 2.25. The SMILES string of the molecule is Cc1ccc(CN2CCN3C(=O)[C@H](CC(C)C)N(C)C(=O)[C@H]3C2)cc1F.